The Morgan fingerprint density at radius 1 is 1.44 bits per heavy atom. The summed E-state index contributed by atoms with van der Waals surface area (Å²) in [4.78, 5) is 1.46. The molecule has 3 heteroatoms. The molecule has 1 heterocycles. The van der Waals surface area contributed by atoms with Gasteiger partial charge in [0.15, 0.2) is 0 Å². The first-order valence-corrected chi connectivity index (χ1v) is 6.95. The van der Waals surface area contributed by atoms with Gasteiger partial charge in [-0.05, 0) is 29.3 Å². The van der Waals surface area contributed by atoms with E-state index in [1.165, 1.54) is 10.4 Å². The third-order valence-electron chi connectivity index (χ3n) is 2.38. The lowest BCUT2D eigenvalue weighted by atomic mass is 10.2. The molecule has 0 saturated carbocycles. The third-order valence-corrected chi connectivity index (χ3v) is 3.34. The van der Waals surface area contributed by atoms with Gasteiger partial charge in [0, 0.05) is 24.6 Å². The smallest absolute Gasteiger partial charge is 0.0591 e. The van der Waals surface area contributed by atoms with Gasteiger partial charge in [-0.25, -0.2) is 0 Å². The Labute approximate surface area is 103 Å². The Balaban J connectivity index is 2.07. The van der Waals surface area contributed by atoms with Crippen LogP contribution in [0.5, 0.6) is 0 Å². The Morgan fingerprint density at radius 3 is 2.94 bits per heavy atom. The molecule has 92 valence electrons. The molecular weight excluding hydrogens is 218 g/mol. The highest BCUT2D eigenvalue weighted by molar-refractivity contribution is 7.10. The minimum atomic E-state index is 0.629. The van der Waals surface area contributed by atoms with E-state index in [1.54, 1.807) is 0 Å². The van der Waals surface area contributed by atoms with E-state index < -0.39 is 0 Å². The van der Waals surface area contributed by atoms with E-state index in [-0.39, 0.29) is 0 Å². The van der Waals surface area contributed by atoms with Gasteiger partial charge >= 0.3 is 0 Å². The van der Waals surface area contributed by atoms with Crippen LogP contribution in [-0.4, -0.2) is 19.8 Å². The molecule has 16 heavy (non-hydrogen) atoms. The van der Waals surface area contributed by atoms with Crippen LogP contribution in [0.4, 0.5) is 0 Å². The predicted octanol–water partition coefficient (Wildman–Crippen LogP) is 3.07. The highest BCUT2D eigenvalue weighted by Crippen LogP contribution is 2.16. The summed E-state index contributed by atoms with van der Waals surface area (Å²) in [7, 11) is 0. The van der Waals surface area contributed by atoms with Crippen LogP contribution in [0.2, 0.25) is 0 Å². The van der Waals surface area contributed by atoms with Crippen molar-refractivity contribution in [3.8, 4) is 0 Å². The van der Waals surface area contributed by atoms with Gasteiger partial charge in [-0.3, -0.25) is 0 Å². The highest BCUT2D eigenvalue weighted by atomic mass is 32.1. The second-order valence-corrected chi connectivity index (χ2v) is 5.37. The van der Waals surface area contributed by atoms with Crippen molar-refractivity contribution in [1.82, 2.24) is 5.32 Å². The first-order chi connectivity index (χ1) is 7.74. The summed E-state index contributed by atoms with van der Waals surface area (Å²) < 4.78 is 5.51. The zero-order valence-electron chi connectivity index (χ0n) is 10.6. The van der Waals surface area contributed by atoms with Gasteiger partial charge in [0.2, 0.25) is 0 Å². The Kier molecular flexibility index (Phi) is 6.69. The molecule has 0 radical (unpaired) electrons. The molecule has 0 spiro atoms. The SMILES string of the molecule is CCc1ccsc1CNCCOCC(C)C. The summed E-state index contributed by atoms with van der Waals surface area (Å²) in [6.45, 7) is 10.1. The van der Waals surface area contributed by atoms with Crippen LogP contribution in [-0.2, 0) is 17.7 Å². The maximum atomic E-state index is 5.51. The minimum Gasteiger partial charge on any atom is -0.380 e. The fourth-order valence-corrected chi connectivity index (χ4v) is 2.45. The maximum Gasteiger partial charge on any atom is 0.0591 e. The summed E-state index contributed by atoms with van der Waals surface area (Å²) >= 11 is 1.84. The molecule has 1 aromatic heterocycles. The number of aryl methyl sites for hydroxylation is 1. The topological polar surface area (TPSA) is 21.3 Å². The molecule has 1 rings (SSSR count). The number of ether oxygens (including phenoxy) is 1. The average molecular weight is 241 g/mol. The monoisotopic (exact) mass is 241 g/mol. The second-order valence-electron chi connectivity index (χ2n) is 4.37. The molecule has 0 amide bonds. The number of rotatable bonds is 8. The fourth-order valence-electron chi connectivity index (χ4n) is 1.50. The molecule has 0 fully saturated rings. The molecule has 0 atom stereocenters. The average Bonchev–Trinajstić information content (AvgIpc) is 2.70. The second kappa shape index (κ2) is 7.82. The molecule has 0 aliphatic rings. The zero-order chi connectivity index (χ0) is 11.8. The number of thiophene rings is 1. The number of nitrogens with one attached hydrogen (secondary N) is 1. The summed E-state index contributed by atoms with van der Waals surface area (Å²) in [6, 6.07) is 2.22. The molecule has 0 bridgehead atoms. The normalized spacial score (nSPS) is 11.2. The molecule has 0 unspecified atom stereocenters. The highest BCUT2D eigenvalue weighted by Gasteiger charge is 2.01. The van der Waals surface area contributed by atoms with Gasteiger partial charge in [0.05, 0.1) is 6.61 Å². The number of hydrogen-bond donors (Lipinski definition) is 1. The van der Waals surface area contributed by atoms with Gasteiger partial charge in [-0.15, -0.1) is 11.3 Å². The van der Waals surface area contributed by atoms with Gasteiger partial charge in [-0.1, -0.05) is 20.8 Å². The number of hydrogen-bond acceptors (Lipinski definition) is 3. The van der Waals surface area contributed by atoms with E-state index in [2.05, 4.69) is 37.5 Å². The van der Waals surface area contributed by atoms with Crippen molar-refractivity contribution < 1.29 is 4.74 Å². The van der Waals surface area contributed by atoms with Crippen molar-refractivity contribution in [3.63, 3.8) is 0 Å². The van der Waals surface area contributed by atoms with Crippen molar-refractivity contribution >= 4 is 11.3 Å². The van der Waals surface area contributed by atoms with Crippen LogP contribution in [0.25, 0.3) is 0 Å². The largest absolute Gasteiger partial charge is 0.380 e. The molecule has 0 aliphatic carbocycles. The van der Waals surface area contributed by atoms with Gasteiger partial charge in [-0.2, -0.15) is 0 Å². The van der Waals surface area contributed by atoms with Crippen molar-refractivity contribution in [2.45, 2.75) is 33.7 Å². The Bertz CT molecular complexity index is 283. The van der Waals surface area contributed by atoms with Crippen LogP contribution < -0.4 is 5.32 Å². The lowest BCUT2D eigenvalue weighted by Gasteiger charge is -2.08. The van der Waals surface area contributed by atoms with Crippen LogP contribution in [0.1, 0.15) is 31.2 Å². The molecule has 0 aliphatic heterocycles. The quantitative estimate of drug-likeness (QED) is 0.706. The van der Waals surface area contributed by atoms with Crippen LogP contribution >= 0.6 is 11.3 Å². The molecule has 0 saturated heterocycles. The predicted molar refractivity (Wildman–Crippen MR) is 71.1 cm³/mol. The summed E-state index contributed by atoms with van der Waals surface area (Å²) in [5.74, 6) is 0.629. The third kappa shape index (κ3) is 5.10. The summed E-state index contributed by atoms with van der Waals surface area (Å²) in [5.41, 5.74) is 1.47. The zero-order valence-corrected chi connectivity index (χ0v) is 11.4. The van der Waals surface area contributed by atoms with E-state index in [4.69, 9.17) is 4.74 Å². The molecule has 0 aromatic carbocycles. The van der Waals surface area contributed by atoms with Crippen molar-refractivity contribution in [2.75, 3.05) is 19.8 Å². The van der Waals surface area contributed by atoms with Gasteiger partial charge in [0.25, 0.3) is 0 Å². The fraction of sp³-hybridized carbons (Fsp3) is 0.692. The molecule has 2 nitrogen and oxygen atoms in total. The van der Waals surface area contributed by atoms with E-state index in [1.807, 2.05) is 11.3 Å². The molecular formula is C13H23NOS. The van der Waals surface area contributed by atoms with Gasteiger partial charge in [0.1, 0.15) is 0 Å². The van der Waals surface area contributed by atoms with E-state index in [9.17, 15) is 0 Å². The minimum absolute atomic E-state index is 0.629. The Morgan fingerprint density at radius 2 is 2.25 bits per heavy atom. The van der Waals surface area contributed by atoms with Gasteiger partial charge < -0.3 is 10.1 Å². The van der Waals surface area contributed by atoms with Crippen LogP contribution in [0, 0.1) is 5.92 Å². The van der Waals surface area contributed by atoms with E-state index in [0.717, 1.165) is 32.7 Å². The molecule has 1 N–H and O–H groups in total. The summed E-state index contributed by atoms with van der Waals surface area (Å²) in [5, 5.41) is 5.59. The van der Waals surface area contributed by atoms with Crippen LogP contribution in [0.3, 0.4) is 0 Å². The molecule has 1 aromatic rings. The first kappa shape index (κ1) is 13.7. The standard InChI is InChI=1S/C13H23NOS/c1-4-12-5-8-16-13(12)9-14-6-7-15-10-11(2)3/h5,8,11,14H,4,6-7,9-10H2,1-3H3. The lowest BCUT2D eigenvalue weighted by molar-refractivity contribution is 0.111. The van der Waals surface area contributed by atoms with Crippen molar-refractivity contribution in [3.05, 3.63) is 21.9 Å². The van der Waals surface area contributed by atoms with E-state index >= 15 is 0 Å². The summed E-state index contributed by atoms with van der Waals surface area (Å²) in [6.07, 6.45) is 1.13. The first-order valence-electron chi connectivity index (χ1n) is 6.07. The van der Waals surface area contributed by atoms with E-state index in [0.29, 0.717) is 5.92 Å². The van der Waals surface area contributed by atoms with Crippen molar-refractivity contribution in [2.24, 2.45) is 5.92 Å². The van der Waals surface area contributed by atoms with Crippen molar-refractivity contribution in [1.29, 1.82) is 0 Å². The van der Waals surface area contributed by atoms with Crippen LogP contribution in [0.15, 0.2) is 11.4 Å². The lowest BCUT2D eigenvalue weighted by Crippen LogP contribution is -2.20. The Hall–Kier alpha value is -0.380. The maximum absolute atomic E-state index is 5.51.